The Labute approximate surface area is 190 Å². The zero-order valence-electron chi connectivity index (χ0n) is 18.6. The van der Waals surface area contributed by atoms with E-state index in [1.54, 1.807) is 18.0 Å². The van der Waals surface area contributed by atoms with E-state index < -0.39 is 17.6 Å². The van der Waals surface area contributed by atoms with Crippen LogP contribution in [0.3, 0.4) is 0 Å². The van der Waals surface area contributed by atoms with Gasteiger partial charge in [0, 0.05) is 25.2 Å². The molecule has 1 amide bonds. The van der Waals surface area contributed by atoms with Crippen molar-refractivity contribution in [2.24, 2.45) is 0 Å². The molecule has 0 saturated carbocycles. The van der Waals surface area contributed by atoms with Gasteiger partial charge in [-0.3, -0.25) is 4.79 Å². The minimum Gasteiger partial charge on any atom is -0.394 e. The standard InChI is InChI=1S/C23H28F4N4O2/c1-3-4-15(16-5-6-18(19(24)9-16)23(25,26)27)10-21(33)31-8-7-17-11-28-22(29-14(2)13-32)30-20(17)12-31/h5-6,9,11,14-15,32H,3-4,7-8,10,12-13H2,1-2H3,(H,28,29,30). The number of benzene rings is 1. The highest BCUT2D eigenvalue weighted by Gasteiger charge is 2.34. The normalized spacial score (nSPS) is 15.7. The summed E-state index contributed by atoms with van der Waals surface area (Å²) in [7, 11) is 0. The van der Waals surface area contributed by atoms with Crippen molar-refractivity contribution in [3.63, 3.8) is 0 Å². The zero-order valence-corrected chi connectivity index (χ0v) is 18.6. The van der Waals surface area contributed by atoms with Crippen LogP contribution < -0.4 is 5.32 Å². The molecular formula is C23H28F4N4O2. The first-order valence-corrected chi connectivity index (χ1v) is 11.0. The van der Waals surface area contributed by atoms with Crippen molar-refractivity contribution >= 4 is 11.9 Å². The van der Waals surface area contributed by atoms with Crippen molar-refractivity contribution in [2.45, 2.75) is 64.2 Å². The fourth-order valence-corrected chi connectivity index (χ4v) is 3.94. The number of hydrogen-bond acceptors (Lipinski definition) is 5. The predicted molar refractivity (Wildman–Crippen MR) is 115 cm³/mol. The summed E-state index contributed by atoms with van der Waals surface area (Å²) in [6.45, 7) is 4.40. The minimum atomic E-state index is -4.76. The van der Waals surface area contributed by atoms with Crippen molar-refractivity contribution in [1.29, 1.82) is 0 Å². The first-order chi connectivity index (χ1) is 15.6. The number of rotatable bonds is 8. The third kappa shape index (κ3) is 6.19. The Balaban J connectivity index is 1.73. The minimum absolute atomic E-state index is 0.0750. The monoisotopic (exact) mass is 468 g/mol. The molecule has 10 heteroatoms. The van der Waals surface area contributed by atoms with Crippen LogP contribution in [0.15, 0.2) is 24.4 Å². The molecule has 33 heavy (non-hydrogen) atoms. The van der Waals surface area contributed by atoms with Gasteiger partial charge in [0.1, 0.15) is 5.82 Å². The maximum atomic E-state index is 14.1. The molecular weight excluding hydrogens is 440 g/mol. The molecule has 1 aliphatic rings. The van der Waals surface area contributed by atoms with Crippen molar-refractivity contribution in [3.8, 4) is 0 Å². The second kappa shape index (κ2) is 10.5. The molecule has 2 heterocycles. The second-order valence-electron chi connectivity index (χ2n) is 8.39. The van der Waals surface area contributed by atoms with Gasteiger partial charge in [0.05, 0.1) is 24.4 Å². The number of alkyl halides is 3. The highest BCUT2D eigenvalue weighted by Crippen LogP contribution is 2.34. The number of aromatic nitrogens is 2. The van der Waals surface area contributed by atoms with E-state index in [1.165, 1.54) is 6.07 Å². The SMILES string of the molecule is CCCC(CC(=O)N1CCc2cnc(NC(C)CO)nc2C1)c1ccc(C(F)(F)F)c(F)c1. The summed E-state index contributed by atoms with van der Waals surface area (Å²) < 4.78 is 52.8. The van der Waals surface area contributed by atoms with Gasteiger partial charge in [-0.1, -0.05) is 19.4 Å². The van der Waals surface area contributed by atoms with Gasteiger partial charge in [-0.2, -0.15) is 13.2 Å². The Kier molecular flexibility index (Phi) is 7.88. The quantitative estimate of drug-likeness (QED) is 0.566. The van der Waals surface area contributed by atoms with Crippen LogP contribution in [0, 0.1) is 5.82 Å². The Morgan fingerprint density at radius 2 is 2.09 bits per heavy atom. The van der Waals surface area contributed by atoms with Crippen molar-refractivity contribution in [2.75, 3.05) is 18.5 Å². The summed E-state index contributed by atoms with van der Waals surface area (Å²) in [5.41, 5.74) is 0.737. The molecule has 0 radical (unpaired) electrons. The van der Waals surface area contributed by atoms with Gasteiger partial charge in [0.2, 0.25) is 11.9 Å². The van der Waals surface area contributed by atoms with Crippen LogP contribution in [-0.2, 0) is 23.9 Å². The van der Waals surface area contributed by atoms with Crippen LogP contribution >= 0.6 is 0 Å². The zero-order chi connectivity index (χ0) is 24.2. The summed E-state index contributed by atoms with van der Waals surface area (Å²) in [6, 6.07) is 2.69. The number of amides is 1. The molecule has 1 aliphatic heterocycles. The molecule has 2 N–H and O–H groups in total. The molecule has 2 unspecified atom stereocenters. The number of anilines is 1. The first kappa shape index (κ1) is 24.9. The predicted octanol–water partition coefficient (Wildman–Crippen LogP) is 4.29. The molecule has 2 atom stereocenters. The Bertz CT molecular complexity index is 983. The van der Waals surface area contributed by atoms with Gasteiger partial charge in [-0.05, 0) is 48.9 Å². The van der Waals surface area contributed by atoms with E-state index in [2.05, 4.69) is 15.3 Å². The van der Waals surface area contributed by atoms with Crippen LogP contribution in [0.2, 0.25) is 0 Å². The van der Waals surface area contributed by atoms with Gasteiger partial charge < -0.3 is 15.3 Å². The highest BCUT2D eigenvalue weighted by molar-refractivity contribution is 5.77. The summed E-state index contributed by atoms with van der Waals surface area (Å²) in [5.74, 6) is -1.49. The molecule has 6 nitrogen and oxygen atoms in total. The highest BCUT2D eigenvalue weighted by atomic mass is 19.4. The fourth-order valence-electron chi connectivity index (χ4n) is 3.94. The van der Waals surface area contributed by atoms with Gasteiger partial charge in [-0.25, -0.2) is 14.4 Å². The molecule has 1 aromatic carbocycles. The molecule has 0 fully saturated rings. The van der Waals surface area contributed by atoms with Gasteiger partial charge >= 0.3 is 6.18 Å². The van der Waals surface area contributed by atoms with E-state index in [1.807, 2.05) is 6.92 Å². The Hall–Kier alpha value is -2.75. The number of carbonyl (C=O) groups is 1. The molecule has 0 bridgehead atoms. The van der Waals surface area contributed by atoms with Gasteiger partial charge in [-0.15, -0.1) is 0 Å². The van der Waals surface area contributed by atoms with Crippen molar-refractivity contribution < 1.29 is 27.5 Å². The maximum absolute atomic E-state index is 14.1. The average molecular weight is 468 g/mol. The molecule has 0 saturated heterocycles. The number of nitrogens with one attached hydrogen (secondary N) is 1. The maximum Gasteiger partial charge on any atom is 0.419 e. The van der Waals surface area contributed by atoms with Crippen LogP contribution in [0.5, 0.6) is 0 Å². The molecule has 2 aromatic rings. The van der Waals surface area contributed by atoms with E-state index in [-0.39, 0.29) is 30.9 Å². The molecule has 180 valence electrons. The summed E-state index contributed by atoms with van der Waals surface area (Å²) in [5, 5.41) is 12.2. The number of hydrogen-bond donors (Lipinski definition) is 2. The number of nitrogens with zero attached hydrogens (tertiary/aromatic N) is 3. The van der Waals surface area contributed by atoms with Gasteiger partial charge in [0.25, 0.3) is 0 Å². The number of aliphatic hydroxyl groups excluding tert-OH is 1. The van der Waals surface area contributed by atoms with Crippen molar-refractivity contribution in [3.05, 3.63) is 52.6 Å². The van der Waals surface area contributed by atoms with E-state index in [0.29, 0.717) is 49.6 Å². The van der Waals surface area contributed by atoms with E-state index in [4.69, 9.17) is 0 Å². The van der Waals surface area contributed by atoms with Crippen LogP contribution in [0.25, 0.3) is 0 Å². The third-order valence-electron chi connectivity index (χ3n) is 5.78. The lowest BCUT2D eigenvalue weighted by Crippen LogP contribution is -2.37. The van der Waals surface area contributed by atoms with Crippen LogP contribution in [0.1, 0.15) is 61.4 Å². The lowest BCUT2D eigenvalue weighted by Gasteiger charge is -2.30. The smallest absolute Gasteiger partial charge is 0.394 e. The summed E-state index contributed by atoms with van der Waals surface area (Å²) >= 11 is 0. The second-order valence-corrected chi connectivity index (χ2v) is 8.39. The third-order valence-corrected chi connectivity index (χ3v) is 5.78. The number of fused-ring (bicyclic) bond motifs is 1. The lowest BCUT2D eigenvalue weighted by molar-refractivity contribution is -0.140. The summed E-state index contributed by atoms with van der Waals surface area (Å²) in [4.78, 5) is 23.4. The topological polar surface area (TPSA) is 78.4 Å². The van der Waals surface area contributed by atoms with E-state index in [9.17, 15) is 27.5 Å². The molecule has 1 aromatic heterocycles. The summed E-state index contributed by atoms with van der Waals surface area (Å²) in [6.07, 6.45) is -1.13. The Morgan fingerprint density at radius 3 is 2.73 bits per heavy atom. The van der Waals surface area contributed by atoms with E-state index >= 15 is 0 Å². The number of halogens is 4. The first-order valence-electron chi connectivity index (χ1n) is 11.0. The largest absolute Gasteiger partial charge is 0.419 e. The fraction of sp³-hybridized carbons (Fsp3) is 0.522. The van der Waals surface area contributed by atoms with Crippen LogP contribution in [-0.4, -0.2) is 45.1 Å². The lowest BCUT2D eigenvalue weighted by atomic mass is 9.89. The number of carbonyl (C=O) groups excluding carboxylic acids is 1. The van der Waals surface area contributed by atoms with Crippen LogP contribution in [0.4, 0.5) is 23.5 Å². The van der Waals surface area contributed by atoms with E-state index in [0.717, 1.165) is 17.7 Å². The molecule has 0 spiro atoms. The van der Waals surface area contributed by atoms with Gasteiger partial charge in [0.15, 0.2) is 0 Å². The molecule has 3 rings (SSSR count). The molecule has 0 aliphatic carbocycles. The average Bonchev–Trinajstić information content (AvgIpc) is 2.77. The number of aliphatic hydroxyl groups is 1. The Morgan fingerprint density at radius 1 is 1.33 bits per heavy atom. The van der Waals surface area contributed by atoms with Crippen molar-refractivity contribution in [1.82, 2.24) is 14.9 Å².